The first kappa shape index (κ1) is 13.5. The van der Waals surface area contributed by atoms with E-state index in [4.69, 9.17) is 4.74 Å². The number of halogens is 1. The van der Waals surface area contributed by atoms with Gasteiger partial charge in [-0.1, -0.05) is 12.1 Å². The Bertz CT molecular complexity index is 572. The molecule has 1 atom stereocenters. The lowest BCUT2D eigenvalue weighted by Crippen LogP contribution is -2.02. The summed E-state index contributed by atoms with van der Waals surface area (Å²) >= 11 is 0. The molecule has 2 aromatic rings. The molecule has 1 aromatic carbocycles. The second-order valence-electron chi connectivity index (χ2n) is 4.30. The van der Waals surface area contributed by atoms with Gasteiger partial charge in [0.25, 0.3) is 0 Å². The molecule has 0 fully saturated rings. The molecule has 19 heavy (non-hydrogen) atoms. The molecule has 0 saturated heterocycles. The highest BCUT2D eigenvalue weighted by atomic mass is 19.1. The summed E-state index contributed by atoms with van der Waals surface area (Å²) in [7, 11) is 0. The fraction of sp³-hybridized carbons (Fsp3) is 0.267. The van der Waals surface area contributed by atoms with Crippen molar-refractivity contribution in [3.63, 3.8) is 0 Å². The van der Waals surface area contributed by atoms with E-state index in [0.717, 1.165) is 0 Å². The molecule has 3 nitrogen and oxygen atoms in total. The lowest BCUT2D eigenvalue weighted by molar-refractivity contribution is 0.218. The fourth-order valence-corrected chi connectivity index (χ4v) is 1.80. The molecule has 2 rings (SSSR count). The monoisotopic (exact) mass is 261 g/mol. The zero-order chi connectivity index (χ0) is 13.8. The first-order valence-corrected chi connectivity index (χ1v) is 6.13. The van der Waals surface area contributed by atoms with Crippen LogP contribution in [0, 0.1) is 12.7 Å². The first-order chi connectivity index (χ1) is 9.11. The Labute approximate surface area is 111 Å². The molecular formula is C15H16FNO2. The second-order valence-corrected chi connectivity index (χ2v) is 4.30. The van der Waals surface area contributed by atoms with Gasteiger partial charge in [0, 0.05) is 11.8 Å². The number of aromatic nitrogens is 1. The minimum atomic E-state index is -0.914. The summed E-state index contributed by atoms with van der Waals surface area (Å²) in [6.07, 6.45) is 2.21. The molecule has 1 unspecified atom stereocenters. The van der Waals surface area contributed by atoms with Crippen molar-refractivity contribution in [1.82, 2.24) is 4.98 Å². The fourth-order valence-electron chi connectivity index (χ4n) is 1.80. The summed E-state index contributed by atoms with van der Waals surface area (Å²) in [5.41, 5.74) is 1.63. The molecule has 0 aliphatic rings. The van der Waals surface area contributed by atoms with Crippen LogP contribution in [-0.4, -0.2) is 16.7 Å². The summed E-state index contributed by atoms with van der Waals surface area (Å²) in [5.74, 6) is 0.261. The molecule has 4 heteroatoms. The molecular weight excluding hydrogens is 245 g/mol. The molecule has 1 N–H and O–H groups in total. The van der Waals surface area contributed by atoms with Gasteiger partial charge in [0.15, 0.2) is 0 Å². The number of rotatable bonds is 4. The molecule has 100 valence electrons. The number of hydrogen-bond acceptors (Lipinski definition) is 3. The van der Waals surface area contributed by atoms with E-state index in [2.05, 4.69) is 4.98 Å². The van der Waals surface area contributed by atoms with E-state index in [1.807, 2.05) is 6.92 Å². The topological polar surface area (TPSA) is 42.4 Å². The van der Waals surface area contributed by atoms with E-state index < -0.39 is 6.10 Å². The van der Waals surface area contributed by atoms with Crippen LogP contribution in [0.15, 0.2) is 36.7 Å². The molecule has 0 saturated carbocycles. The third-order valence-electron chi connectivity index (χ3n) is 2.87. The number of pyridine rings is 1. The number of aliphatic hydroxyl groups excluding tert-OH is 1. The van der Waals surface area contributed by atoms with Gasteiger partial charge in [-0.05, 0) is 37.1 Å². The van der Waals surface area contributed by atoms with Crippen LogP contribution in [0.3, 0.4) is 0 Å². The van der Waals surface area contributed by atoms with Crippen molar-refractivity contribution in [1.29, 1.82) is 0 Å². The standard InChI is InChI=1S/C15H16FNO2/c1-3-19-13-6-12(8-17-9-13)15(18)11-5-4-10(2)14(16)7-11/h4-9,15,18H,3H2,1-2H3. The zero-order valence-electron chi connectivity index (χ0n) is 10.9. The maximum absolute atomic E-state index is 13.5. The number of nitrogens with zero attached hydrogens (tertiary/aromatic N) is 1. The Kier molecular flexibility index (Phi) is 4.12. The summed E-state index contributed by atoms with van der Waals surface area (Å²) in [4.78, 5) is 4.01. The van der Waals surface area contributed by atoms with Crippen molar-refractivity contribution < 1.29 is 14.2 Å². The molecule has 0 spiro atoms. The van der Waals surface area contributed by atoms with Crippen molar-refractivity contribution in [2.24, 2.45) is 0 Å². The van der Waals surface area contributed by atoms with Crippen LogP contribution in [0.25, 0.3) is 0 Å². The first-order valence-electron chi connectivity index (χ1n) is 6.13. The molecule has 0 bridgehead atoms. The largest absolute Gasteiger partial charge is 0.492 e. The maximum atomic E-state index is 13.5. The van der Waals surface area contributed by atoms with E-state index in [-0.39, 0.29) is 5.82 Å². The highest BCUT2D eigenvalue weighted by Gasteiger charge is 2.13. The summed E-state index contributed by atoms with van der Waals surface area (Å²) < 4.78 is 18.8. The predicted molar refractivity (Wildman–Crippen MR) is 70.6 cm³/mol. The van der Waals surface area contributed by atoms with Crippen molar-refractivity contribution in [2.45, 2.75) is 20.0 Å². The zero-order valence-corrected chi connectivity index (χ0v) is 10.9. The molecule has 1 heterocycles. The number of aryl methyl sites for hydroxylation is 1. The number of ether oxygens (including phenoxy) is 1. The van der Waals surface area contributed by atoms with Crippen molar-refractivity contribution in [3.05, 3.63) is 59.2 Å². The van der Waals surface area contributed by atoms with E-state index in [1.54, 1.807) is 37.5 Å². The Morgan fingerprint density at radius 1 is 1.26 bits per heavy atom. The van der Waals surface area contributed by atoms with Crippen LogP contribution in [0.2, 0.25) is 0 Å². The van der Waals surface area contributed by atoms with Crippen LogP contribution >= 0.6 is 0 Å². The summed E-state index contributed by atoms with van der Waals surface area (Å²) in [5, 5.41) is 10.2. The van der Waals surface area contributed by atoms with Crippen LogP contribution in [-0.2, 0) is 0 Å². The summed E-state index contributed by atoms with van der Waals surface area (Å²) in [6, 6.07) is 6.40. The van der Waals surface area contributed by atoms with Gasteiger partial charge in [-0.25, -0.2) is 4.39 Å². The highest BCUT2D eigenvalue weighted by molar-refractivity contribution is 5.34. The van der Waals surface area contributed by atoms with E-state index in [9.17, 15) is 9.50 Å². The average molecular weight is 261 g/mol. The van der Waals surface area contributed by atoms with E-state index in [1.165, 1.54) is 6.07 Å². The van der Waals surface area contributed by atoms with Crippen LogP contribution in [0.5, 0.6) is 5.75 Å². The predicted octanol–water partition coefficient (Wildman–Crippen LogP) is 3.01. The van der Waals surface area contributed by atoms with Crippen molar-refractivity contribution in [2.75, 3.05) is 6.61 Å². The smallest absolute Gasteiger partial charge is 0.137 e. The average Bonchev–Trinajstić information content (AvgIpc) is 2.42. The quantitative estimate of drug-likeness (QED) is 0.920. The number of benzene rings is 1. The van der Waals surface area contributed by atoms with Crippen LogP contribution in [0.4, 0.5) is 4.39 Å². The van der Waals surface area contributed by atoms with Crippen molar-refractivity contribution >= 4 is 0 Å². The Morgan fingerprint density at radius 3 is 2.74 bits per heavy atom. The van der Waals surface area contributed by atoms with Gasteiger partial charge in [-0.15, -0.1) is 0 Å². The minimum absolute atomic E-state index is 0.328. The minimum Gasteiger partial charge on any atom is -0.492 e. The molecule has 0 aliphatic carbocycles. The van der Waals surface area contributed by atoms with Gasteiger partial charge in [0.1, 0.15) is 17.7 Å². The van der Waals surface area contributed by atoms with Crippen molar-refractivity contribution in [3.8, 4) is 5.75 Å². The van der Waals surface area contributed by atoms with E-state index in [0.29, 0.717) is 29.0 Å². The Balaban J connectivity index is 2.29. The molecule has 1 aromatic heterocycles. The van der Waals surface area contributed by atoms with E-state index >= 15 is 0 Å². The van der Waals surface area contributed by atoms with Gasteiger partial charge in [-0.3, -0.25) is 4.98 Å². The normalized spacial score (nSPS) is 12.2. The van der Waals surface area contributed by atoms with Crippen LogP contribution in [0.1, 0.15) is 29.7 Å². The molecule has 0 aliphatic heterocycles. The highest BCUT2D eigenvalue weighted by Crippen LogP contribution is 2.25. The maximum Gasteiger partial charge on any atom is 0.137 e. The van der Waals surface area contributed by atoms with Gasteiger partial charge in [0.05, 0.1) is 12.8 Å². The lowest BCUT2D eigenvalue weighted by Gasteiger charge is -2.13. The molecule has 0 amide bonds. The van der Waals surface area contributed by atoms with Gasteiger partial charge >= 0.3 is 0 Å². The van der Waals surface area contributed by atoms with Gasteiger partial charge in [0.2, 0.25) is 0 Å². The Morgan fingerprint density at radius 2 is 2.05 bits per heavy atom. The third-order valence-corrected chi connectivity index (χ3v) is 2.87. The molecule has 0 radical (unpaired) electrons. The SMILES string of the molecule is CCOc1cncc(C(O)c2ccc(C)c(F)c2)c1. The Hall–Kier alpha value is -1.94. The second kappa shape index (κ2) is 5.80. The van der Waals surface area contributed by atoms with Crippen LogP contribution < -0.4 is 4.74 Å². The number of aliphatic hydroxyl groups is 1. The van der Waals surface area contributed by atoms with Gasteiger partial charge in [-0.2, -0.15) is 0 Å². The lowest BCUT2D eigenvalue weighted by atomic mass is 10.0. The number of hydrogen-bond donors (Lipinski definition) is 1. The third kappa shape index (κ3) is 3.09. The van der Waals surface area contributed by atoms with Gasteiger partial charge < -0.3 is 9.84 Å². The summed E-state index contributed by atoms with van der Waals surface area (Å²) in [6.45, 7) is 4.08.